The summed E-state index contributed by atoms with van der Waals surface area (Å²) < 4.78 is 44.1. The standard InChI is InChI=1S/C41H50F2N10O4.HI/c1-7-28-20-29(48-37-38-45-22-32(52(38)17-15-44-37)31-10-11-33(36(43)35(31)42)56-34-23-47-50(5)49-34)8-9-30(28)39(54)46-21-26-13-18-53(6,19-14-26)25-27-12-16-51(24-27)40(55)57-41(2,3)4;/h8-11,15,17,20,22-23,26-27H,7,12-14,16,18-19,21,24-25H2,1-6H3,(H-,44,46,48,54);1H. The van der Waals surface area contributed by atoms with E-state index in [1.807, 2.05) is 50.8 Å². The number of piperidine rings is 1. The Kier molecular flexibility index (Phi) is 12.9. The molecule has 2 saturated heterocycles. The number of imidazole rings is 1. The molecule has 3 aromatic heterocycles. The minimum absolute atomic E-state index is 0. The molecule has 2 N–H and O–H groups in total. The molecule has 17 heteroatoms. The second-order valence-corrected chi connectivity index (χ2v) is 16.5. The zero-order valence-electron chi connectivity index (χ0n) is 33.8. The average Bonchev–Trinajstić information content (AvgIpc) is 3.93. The van der Waals surface area contributed by atoms with Gasteiger partial charge in [0.2, 0.25) is 5.82 Å². The summed E-state index contributed by atoms with van der Waals surface area (Å²) in [6.45, 7) is 12.9. The SMILES string of the molecule is CCc1cc(Nc2nccn3c(-c4ccc(Oc5cnn(C)n5)c(F)c4F)cnc23)ccc1C(=O)NCC1CC[N+](C)(CC2CCN(C(=O)OC(C)(C)C)C2)CC1.[I-]. The first-order valence-corrected chi connectivity index (χ1v) is 19.5. The van der Waals surface area contributed by atoms with Crippen LogP contribution in [-0.2, 0) is 18.2 Å². The van der Waals surface area contributed by atoms with Crippen LogP contribution in [0.3, 0.4) is 0 Å². The van der Waals surface area contributed by atoms with E-state index >= 15 is 8.78 Å². The molecule has 2 aliphatic heterocycles. The molecule has 1 atom stereocenters. The lowest BCUT2D eigenvalue weighted by Gasteiger charge is -2.42. The Morgan fingerprint density at radius 2 is 1.79 bits per heavy atom. The van der Waals surface area contributed by atoms with Crippen molar-refractivity contribution in [2.75, 3.05) is 51.6 Å². The molecular weight excluding hydrogens is 861 g/mol. The smallest absolute Gasteiger partial charge is 0.410 e. The van der Waals surface area contributed by atoms with Crippen LogP contribution >= 0.6 is 0 Å². The summed E-state index contributed by atoms with van der Waals surface area (Å²) in [7, 11) is 3.90. The van der Waals surface area contributed by atoms with Gasteiger partial charge < -0.3 is 53.5 Å². The van der Waals surface area contributed by atoms with E-state index in [4.69, 9.17) is 9.47 Å². The monoisotopic (exact) mass is 912 g/mol. The van der Waals surface area contributed by atoms with Crippen molar-refractivity contribution in [2.24, 2.45) is 18.9 Å². The Bertz CT molecular complexity index is 2270. The Hall–Kier alpha value is -4.91. The molecular formula is C41H51F2IN10O4. The fraction of sp³-hybridized carbons (Fsp3) is 0.463. The number of likely N-dealkylation sites (tertiary alicyclic amines) is 2. The first-order valence-electron chi connectivity index (χ1n) is 19.5. The molecule has 310 valence electrons. The molecule has 14 nitrogen and oxygen atoms in total. The van der Waals surface area contributed by atoms with Crippen LogP contribution in [0.2, 0.25) is 0 Å². The molecule has 2 fully saturated rings. The summed E-state index contributed by atoms with van der Waals surface area (Å²) in [6, 6.07) is 8.31. The maximum atomic E-state index is 15.4. The maximum absolute atomic E-state index is 15.4. The minimum Gasteiger partial charge on any atom is -1.00 e. The summed E-state index contributed by atoms with van der Waals surface area (Å²) in [5.74, 6) is -1.38. The van der Waals surface area contributed by atoms with Gasteiger partial charge in [0.1, 0.15) is 11.8 Å². The lowest BCUT2D eigenvalue weighted by atomic mass is 9.93. The van der Waals surface area contributed by atoms with Gasteiger partial charge in [0.25, 0.3) is 11.8 Å². The number of aryl methyl sites for hydroxylation is 2. The fourth-order valence-corrected chi connectivity index (χ4v) is 7.88. The quantitative estimate of drug-likeness (QED) is 0.150. The van der Waals surface area contributed by atoms with Crippen molar-refractivity contribution < 1.29 is 56.3 Å². The molecule has 2 aliphatic rings. The number of rotatable bonds is 11. The number of nitrogens with zero attached hydrogens (tertiary/aromatic N) is 8. The summed E-state index contributed by atoms with van der Waals surface area (Å²) >= 11 is 0. The highest BCUT2D eigenvalue weighted by molar-refractivity contribution is 5.96. The number of fused-ring (bicyclic) bond motifs is 1. The molecule has 7 rings (SSSR count). The van der Waals surface area contributed by atoms with E-state index in [2.05, 4.69) is 37.8 Å². The van der Waals surface area contributed by atoms with E-state index < -0.39 is 17.2 Å². The molecule has 5 heterocycles. The van der Waals surface area contributed by atoms with Crippen molar-refractivity contribution >= 4 is 29.2 Å². The molecule has 0 saturated carbocycles. The molecule has 5 aromatic rings. The first-order chi connectivity index (χ1) is 27.2. The van der Waals surface area contributed by atoms with Gasteiger partial charge >= 0.3 is 6.09 Å². The summed E-state index contributed by atoms with van der Waals surface area (Å²) in [5, 5.41) is 14.3. The number of quaternary nitrogens is 1. The van der Waals surface area contributed by atoms with Crippen molar-refractivity contribution in [1.29, 1.82) is 0 Å². The van der Waals surface area contributed by atoms with E-state index in [1.165, 1.54) is 29.3 Å². The number of benzene rings is 2. The van der Waals surface area contributed by atoms with E-state index in [0.29, 0.717) is 53.2 Å². The van der Waals surface area contributed by atoms with Crippen molar-refractivity contribution in [3.05, 3.63) is 77.9 Å². The molecule has 58 heavy (non-hydrogen) atoms. The van der Waals surface area contributed by atoms with Crippen LogP contribution < -0.4 is 39.3 Å². The van der Waals surface area contributed by atoms with Gasteiger partial charge in [0.15, 0.2) is 23.0 Å². The number of hydrogen-bond donors (Lipinski definition) is 2. The molecule has 0 spiro atoms. The Balaban J connectivity index is 0.00000567. The molecule has 0 radical (unpaired) electrons. The number of nitrogens with one attached hydrogen (secondary N) is 2. The summed E-state index contributed by atoms with van der Waals surface area (Å²) in [5.41, 5.74) is 2.42. The number of ether oxygens (including phenoxy) is 2. The van der Waals surface area contributed by atoms with Gasteiger partial charge in [-0.2, -0.15) is 14.3 Å². The Morgan fingerprint density at radius 1 is 1.02 bits per heavy atom. The maximum Gasteiger partial charge on any atom is 0.410 e. The predicted octanol–water partition coefficient (Wildman–Crippen LogP) is 3.75. The van der Waals surface area contributed by atoms with Gasteiger partial charge in [-0.3, -0.25) is 9.20 Å². The van der Waals surface area contributed by atoms with Crippen LogP contribution in [0.15, 0.2) is 55.1 Å². The van der Waals surface area contributed by atoms with Crippen molar-refractivity contribution in [1.82, 2.24) is 39.6 Å². The second kappa shape index (κ2) is 17.5. The second-order valence-electron chi connectivity index (χ2n) is 16.5. The lowest BCUT2D eigenvalue weighted by molar-refractivity contribution is -0.918. The highest BCUT2D eigenvalue weighted by atomic mass is 127. The number of aromatic nitrogens is 6. The minimum atomic E-state index is -1.16. The van der Waals surface area contributed by atoms with Crippen LogP contribution in [0.5, 0.6) is 11.6 Å². The largest absolute Gasteiger partial charge is 1.00 e. The highest BCUT2D eigenvalue weighted by Gasteiger charge is 2.37. The highest BCUT2D eigenvalue weighted by Crippen LogP contribution is 2.34. The first kappa shape index (κ1) is 42.7. The van der Waals surface area contributed by atoms with Gasteiger partial charge in [0, 0.05) is 74.6 Å². The number of carbonyl (C=O) groups excluding carboxylic acids is 2. The van der Waals surface area contributed by atoms with E-state index in [-0.39, 0.29) is 53.2 Å². The Morgan fingerprint density at radius 3 is 2.50 bits per heavy atom. The van der Waals surface area contributed by atoms with E-state index in [0.717, 1.165) is 62.0 Å². The molecule has 1 unspecified atom stereocenters. The molecule has 2 aromatic carbocycles. The Labute approximate surface area is 353 Å². The zero-order valence-corrected chi connectivity index (χ0v) is 35.9. The number of carbonyl (C=O) groups is 2. The normalized spacial score (nSPS) is 19.5. The molecule has 2 amide bonds. The van der Waals surface area contributed by atoms with Crippen LogP contribution in [0.25, 0.3) is 16.9 Å². The number of anilines is 2. The lowest BCUT2D eigenvalue weighted by Crippen LogP contribution is -3.00. The molecule has 0 bridgehead atoms. The van der Waals surface area contributed by atoms with Crippen LogP contribution in [0, 0.1) is 23.5 Å². The predicted molar refractivity (Wildman–Crippen MR) is 210 cm³/mol. The number of amides is 2. The van der Waals surface area contributed by atoms with E-state index in [1.54, 1.807) is 23.8 Å². The van der Waals surface area contributed by atoms with Crippen molar-refractivity contribution in [2.45, 2.75) is 59.0 Å². The number of hydrogen-bond acceptors (Lipinski definition) is 9. The van der Waals surface area contributed by atoms with Gasteiger partial charge in [-0.25, -0.2) is 19.2 Å². The third-order valence-electron chi connectivity index (χ3n) is 10.9. The number of halogens is 3. The average molecular weight is 913 g/mol. The zero-order chi connectivity index (χ0) is 40.5. The topological polar surface area (TPSA) is 141 Å². The van der Waals surface area contributed by atoms with Crippen molar-refractivity contribution in [3.63, 3.8) is 0 Å². The van der Waals surface area contributed by atoms with Gasteiger partial charge in [-0.15, -0.1) is 5.10 Å². The van der Waals surface area contributed by atoms with Crippen LogP contribution in [0.1, 0.15) is 62.9 Å². The van der Waals surface area contributed by atoms with Gasteiger partial charge in [-0.1, -0.05) is 6.92 Å². The van der Waals surface area contributed by atoms with Gasteiger partial charge in [-0.05, 0) is 75.4 Å². The van der Waals surface area contributed by atoms with Gasteiger partial charge in [0.05, 0.1) is 38.6 Å². The van der Waals surface area contributed by atoms with Crippen LogP contribution in [-0.4, -0.2) is 103 Å². The third kappa shape index (κ3) is 9.68. The summed E-state index contributed by atoms with van der Waals surface area (Å²) in [4.78, 5) is 38.1. The fourth-order valence-electron chi connectivity index (χ4n) is 7.88. The van der Waals surface area contributed by atoms with Crippen molar-refractivity contribution in [3.8, 4) is 22.9 Å². The third-order valence-corrected chi connectivity index (χ3v) is 10.9. The summed E-state index contributed by atoms with van der Waals surface area (Å²) in [6.07, 6.45) is 9.40. The van der Waals surface area contributed by atoms with Crippen LogP contribution in [0.4, 0.5) is 25.1 Å². The van der Waals surface area contributed by atoms with E-state index in [9.17, 15) is 9.59 Å². The molecule has 0 aliphatic carbocycles.